The summed E-state index contributed by atoms with van der Waals surface area (Å²) in [5.74, 6) is -4.27. The summed E-state index contributed by atoms with van der Waals surface area (Å²) in [4.78, 5) is 49.5. The maximum absolute atomic E-state index is 13.2. The smallest absolute Gasteiger partial charge is 0.334 e. The highest BCUT2D eigenvalue weighted by atomic mass is 79.9. The molecule has 0 unspecified atom stereocenters. The van der Waals surface area contributed by atoms with E-state index in [4.69, 9.17) is 21.9 Å². The Morgan fingerprint density at radius 2 is 1.63 bits per heavy atom. The van der Waals surface area contributed by atoms with Gasteiger partial charge in [-0.3, -0.25) is 9.59 Å². The Morgan fingerprint density at radius 3 is 2.17 bits per heavy atom. The number of carboxylic acid groups (broad SMARTS) is 1. The lowest BCUT2D eigenvalue weighted by Gasteiger charge is -2.33. The molecule has 2 atom stereocenters. The molecule has 166 valence electrons. The van der Waals surface area contributed by atoms with E-state index in [0.717, 1.165) is 0 Å². The normalized spacial score (nSPS) is 14.9. The summed E-state index contributed by atoms with van der Waals surface area (Å²) in [5, 5.41) is 9.60. The molecule has 0 aromatic heterocycles. The minimum atomic E-state index is -2.51. The number of nitrogens with two attached hydrogens (primary N) is 3. The summed E-state index contributed by atoms with van der Waals surface area (Å²) >= 11 is 2.97. The van der Waals surface area contributed by atoms with Gasteiger partial charge in [-0.1, -0.05) is 46.3 Å². The van der Waals surface area contributed by atoms with Crippen LogP contribution in [0.5, 0.6) is 0 Å². The minimum Gasteiger partial charge on any atom is -0.480 e. The summed E-state index contributed by atoms with van der Waals surface area (Å²) in [6.45, 7) is 0.158. The molecule has 0 saturated carbocycles. The van der Waals surface area contributed by atoms with Crippen molar-refractivity contribution in [3.63, 3.8) is 0 Å². The van der Waals surface area contributed by atoms with E-state index < -0.39 is 35.2 Å². The van der Waals surface area contributed by atoms with Crippen molar-refractivity contribution in [1.29, 1.82) is 0 Å². The standard InChI is InChI=1S/C20H28BrN3O6/c21-12-15(25)8-10-19(23,17(27)28)16(26)20(24,9-4-5-11-22)18(29)30-13-14-6-2-1-3-7-14/h1-3,6-7H,4-5,8-13,22-24H2,(H,27,28)/t19-,20+/m1/s1. The van der Waals surface area contributed by atoms with Crippen LogP contribution in [0.3, 0.4) is 0 Å². The van der Waals surface area contributed by atoms with Crippen LogP contribution in [0.4, 0.5) is 0 Å². The number of rotatable bonds is 14. The predicted octanol–water partition coefficient (Wildman–Crippen LogP) is 0.652. The number of carboxylic acids is 1. The average Bonchev–Trinajstić information content (AvgIpc) is 2.75. The topological polar surface area (TPSA) is 176 Å². The zero-order valence-electron chi connectivity index (χ0n) is 16.6. The average molecular weight is 486 g/mol. The summed E-state index contributed by atoms with van der Waals surface area (Å²) in [6, 6.07) is 8.73. The van der Waals surface area contributed by atoms with Crippen molar-refractivity contribution in [2.45, 2.75) is 49.8 Å². The molecule has 10 heteroatoms. The van der Waals surface area contributed by atoms with Crippen LogP contribution in [0.25, 0.3) is 0 Å². The first kappa shape index (κ1) is 25.9. The van der Waals surface area contributed by atoms with E-state index in [-0.39, 0.29) is 37.0 Å². The predicted molar refractivity (Wildman–Crippen MR) is 114 cm³/mol. The van der Waals surface area contributed by atoms with Crippen LogP contribution in [0.2, 0.25) is 0 Å². The molecule has 30 heavy (non-hydrogen) atoms. The molecule has 0 aliphatic rings. The monoisotopic (exact) mass is 485 g/mol. The number of ether oxygens (including phenoxy) is 1. The van der Waals surface area contributed by atoms with Crippen molar-refractivity contribution >= 4 is 39.4 Å². The number of carbonyl (C=O) groups excluding carboxylic acids is 3. The molecule has 1 rings (SSSR count). The van der Waals surface area contributed by atoms with Crippen LogP contribution in [0, 0.1) is 0 Å². The van der Waals surface area contributed by atoms with E-state index in [2.05, 4.69) is 15.9 Å². The first-order valence-corrected chi connectivity index (χ1v) is 10.6. The molecule has 1 aromatic rings. The Hall–Kier alpha value is -2.14. The Balaban J connectivity index is 3.13. The molecule has 0 fully saturated rings. The van der Waals surface area contributed by atoms with E-state index in [0.29, 0.717) is 18.5 Å². The quantitative estimate of drug-likeness (QED) is 0.127. The largest absolute Gasteiger partial charge is 0.480 e. The lowest BCUT2D eigenvalue weighted by atomic mass is 9.76. The Kier molecular flexibility index (Phi) is 10.3. The van der Waals surface area contributed by atoms with Gasteiger partial charge in [-0.25, -0.2) is 9.59 Å². The highest BCUT2D eigenvalue weighted by Gasteiger charge is 2.55. The molecule has 9 nitrogen and oxygen atoms in total. The molecule has 7 N–H and O–H groups in total. The van der Waals surface area contributed by atoms with E-state index in [9.17, 15) is 24.3 Å². The van der Waals surface area contributed by atoms with Gasteiger partial charge in [0.1, 0.15) is 12.4 Å². The number of hydrogen-bond acceptors (Lipinski definition) is 8. The van der Waals surface area contributed by atoms with Crippen molar-refractivity contribution in [3.05, 3.63) is 35.9 Å². The number of halogens is 1. The van der Waals surface area contributed by atoms with Crippen molar-refractivity contribution in [1.82, 2.24) is 0 Å². The molecule has 0 aliphatic heterocycles. The Bertz CT molecular complexity index is 760. The van der Waals surface area contributed by atoms with Crippen LogP contribution >= 0.6 is 15.9 Å². The molecule has 0 heterocycles. The van der Waals surface area contributed by atoms with Crippen LogP contribution in [0.1, 0.15) is 37.7 Å². The second-order valence-corrected chi connectivity index (χ2v) is 7.62. The number of ketones is 2. The van der Waals surface area contributed by atoms with Gasteiger partial charge in [0.25, 0.3) is 0 Å². The highest BCUT2D eigenvalue weighted by molar-refractivity contribution is 9.09. The van der Waals surface area contributed by atoms with Gasteiger partial charge in [-0.15, -0.1) is 0 Å². The number of esters is 1. The summed E-state index contributed by atoms with van der Waals surface area (Å²) in [6.07, 6.45) is -0.194. The van der Waals surface area contributed by atoms with Crippen LogP contribution in [0.15, 0.2) is 30.3 Å². The van der Waals surface area contributed by atoms with Crippen LogP contribution in [-0.2, 0) is 30.5 Å². The summed E-state index contributed by atoms with van der Waals surface area (Å²) < 4.78 is 5.23. The van der Waals surface area contributed by atoms with Gasteiger partial charge in [0.15, 0.2) is 16.9 Å². The number of unbranched alkanes of at least 4 members (excludes halogenated alkanes) is 1. The maximum Gasteiger partial charge on any atom is 0.334 e. The van der Waals surface area contributed by atoms with Gasteiger partial charge in [-0.2, -0.15) is 0 Å². The third-order valence-electron chi connectivity index (χ3n) is 4.74. The van der Waals surface area contributed by atoms with Crippen molar-refractivity contribution in [2.75, 3.05) is 11.9 Å². The fourth-order valence-electron chi connectivity index (χ4n) is 2.83. The van der Waals surface area contributed by atoms with Gasteiger partial charge in [0, 0.05) is 6.42 Å². The molecule has 0 amide bonds. The van der Waals surface area contributed by atoms with E-state index in [1.54, 1.807) is 30.3 Å². The fraction of sp³-hybridized carbons (Fsp3) is 0.500. The second kappa shape index (κ2) is 11.9. The van der Waals surface area contributed by atoms with Crippen LogP contribution in [-0.4, -0.2) is 51.6 Å². The van der Waals surface area contributed by atoms with E-state index in [1.165, 1.54) is 0 Å². The van der Waals surface area contributed by atoms with Crippen molar-refractivity contribution in [3.8, 4) is 0 Å². The second-order valence-electron chi connectivity index (χ2n) is 7.06. The third-order valence-corrected chi connectivity index (χ3v) is 5.37. The van der Waals surface area contributed by atoms with Gasteiger partial charge in [-0.05, 0) is 37.8 Å². The fourth-order valence-corrected chi connectivity index (χ4v) is 3.11. The van der Waals surface area contributed by atoms with Gasteiger partial charge >= 0.3 is 11.9 Å². The van der Waals surface area contributed by atoms with Gasteiger partial charge < -0.3 is 27.0 Å². The Labute approximate surface area is 183 Å². The van der Waals surface area contributed by atoms with Gasteiger partial charge in [0.05, 0.1) is 5.33 Å². The van der Waals surface area contributed by atoms with E-state index in [1.807, 2.05) is 0 Å². The Morgan fingerprint density at radius 1 is 1.00 bits per heavy atom. The van der Waals surface area contributed by atoms with Crippen molar-refractivity contribution in [2.24, 2.45) is 17.2 Å². The number of alkyl halides is 1. The highest BCUT2D eigenvalue weighted by Crippen LogP contribution is 2.25. The molecular weight excluding hydrogens is 458 g/mol. The molecule has 0 spiro atoms. The molecule has 0 radical (unpaired) electrons. The number of hydrogen-bond donors (Lipinski definition) is 4. The number of carbonyl (C=O) groups is 4. The number of aliphatic carboxylic acids is 1. The number of benzene rings is 1. The summed E-state index contributed by atoms with van der Waals surface area (Å²) in [7, 11) is 0. The minimum absolute atomic E-state index is 0.0136. The number of Topliss-reactive ketones (excluding diaryl/α,β-unsaturated/α-hetero) is 2. The van der Waals surface area contributed by atoms with Crippen molar-refractivity contribution < 1.29 is 29.0 Å². The van der Waals surface area contributed by atoms with E-state index >= 15 is 0 Å². The summed E-state index contributed by atoms with van der Waals surface area (Å²) in [5.41, 5.74) is 13.4. The molecule has 0 bridgehead atoms. The lowest BCUT2D eigenvalue weighted by molar-refractivity contribution is -0.160. The molecule has 1 aromatic carbocycles. The molecule has 0 aliphatic carbocycles. The van der Waals surface area contributed by atoms with Gasteiger partial charge in [0.2, 0.25) is 0 Å². The first-order chi connectivity index (χ1) is 14.1. The zero-order valence-corrected chi connectivity index (χ0v) is 18.2. The third kappa shape index (κ3) is 6.69. The lowest BCUT2D eigenvalue weighted by Crippen LogP contribution is -2.69. The SMILES string of the molecule is NCCCC[C@@](N)(C(=O)OCc1ccccc1)C(=O)[C@](N)(CCC(=O)CBr)C(=O)O. The maximum atomic E-state index is 13.2. The molecular formula is C20H28BrN3O6. The molecule has 0 saturated heterocycles. The zero-order chi connectivity index (χ0) is 22.8. The van der Waals surface area contributed by atoms with Crippen LogP contribution < -0.4 is 17.2 Å². The first-order valence-electron chi connectivity index (χ1n) is 9.46.